The fourth-order valence-electron chi connectivity index (χ4n) is 2.77. The number of amides is 2. The topological polar surface area (TPSA) is 138 Å². The molecular formula is C18H22N8O2. The molecular weight excluding hydrogens is 360 g/mol. The van der Waals surface area contributed by atoms with Crippen molar-refractivity contribution in [2.45, 2.75) is 25.8 Å². The number of rotatable bonds is 5. The fraction of sp³-hybridized carbons (Fsp3) is 0.333. The number of nitrogens with one attached hydrogen (secondary N) is 2. The summed E-state index contributed by atoms with van der Waals surface area (Å²) in [7, 11) is 1.58. The van der Waals surface area contributed by atoms with Gasteiger partial charge in [-0.2, -0.15) is 0 Å². The van der Waals surface area contributed by atoms with Gasteiger partial charge in [0, 0.05) is 25.5 Å². The lowest BCUT2D eigenvalue weighted by Gasteiger charge is -2.32. The van der Waals surface area contributed by atoms with Crippen molar-refractivity contribution < 1.29 is 9.59 Å². The van der Waals surface area contributed by atoms with E-state index in [0.29, 0.717) is 23.7 Å². The number of aliphatic imine (C=N–C) groups is 1. The van der Waals surface area contributed by atoms with E-state index in [1.54, 1.807) is 32.3 Å². The summed E-state index contributed by atoms with van der Waals surface area (Å²) in [4.78, 5) is 42.9. The average molecular weight is 382 g/mol. The highest BCUT2D eigenvalue weighted by molar-refractivity contribution is 6.02. The molecule has 28 heavy (non-hydrogen) atoms. The molecule has 0 aliphatic carbocycles. The Morgan fingerprint density at radius 3 is 2.75 bits per heavy atom. The quantitative estimate of drug-likeness (QED) is 0.699. The lowest BCUT2D eigenvalue weighted by Crippen LogP contribution is -2.47. The smallest absolute Gasteiger partial charge is 0.275 e. The highest BCUT2D eigenvalue weighted by Gasteiger charge is 2.37. The number of anilines is 2. The van der Waals surface area contributed by atoms with Gasteiger partial charge in [-0.1, -0.05) is 0 Å². The van der Waals surface area contributed by atoms with Crippen molar-refractivity contribution in [2.24, 2.45) is 10.7 Å². The highest BCUT2D eigenvalue weighted by atomic mass is 16.2. The van der Waals surface area contributed by atoms with Crippen LogP contribution >= 0.6 is 0 Å². The zero-order chi connectivity index (χ0) is 20.3. The molecule has 1 aliphatic rings. The second kappa shape index (κ2) is 7.59. The van der Waals surface area contributed by atoms with Gasteiger partial charge in [-0.3, -0.25) is 19.5 Å². The molecule has 0 spiro atoms. The average Bonchev–Trinajstić information content (AvgIpc) is 2.67. The van der Waals surface area contributed by atoms with Crippen LogP contribution in [0.2, 0.25) is 0 Å². The van der Waals surface area contributed by atoms with Gasteiger partial charge >= 0.3 is 0 Å². The molecule has 2 amide bonds. The van der Waals surface area contributed by atoms with Gasteiger partial charge in [0.1, 0.15) is 17.1 Å². The maximum absolute atomic E-state index is 12.4. The number of nitrogens with two attached hydrogens (primary N) is 1. The van der Waals surface area contributed by atoms with Crippen molar-refractivity contribution in [2.75, 3.05) is 24.2 Å². The van der Waals surface area contributed by atoms with Crippen LogP contribution in [0.25, 0.3) is 0 Å². The van der Waals surface area contributed by atoms with Gasteiger partial charge in [-0.15, -0.1) is 0 Å². The summed E-state index contributed by atoms with van der Waals surface area (Å²) in [6, 6.07) is 3.32. The number of pyridine rings is 1. The van der Waals surface area contributed by atoms with Crippen LogP contribution < -0.4 is 16.4 Å². The molecule has 1 aliphatic heterocycles. The minimum Gasteiger partial charge on any atom is -0.369 e. The summed E-state index contributed by atoms with van der Waals surface area (Å²) in [6.45, 7) is 4.44. The Morgan fingerprint density at radius 2 is 2.11 bits per heavy atom. The second-order valence-corrected chi connectivity index (χ2v) is 6.57. The van der Waals surface area contributed by atoms with Crippen LogP contribution in [0.4, 0.5) is 11.5 Å². The minimum absolute atomic E-state index is 0.131. The van der Waals surface area contributed by atoms with Crippen LogP contribution in [0.1, 0.15) is 36.5 Å². The van der Waals surface area contributed by atoms with Gasteiger partial charge in [0.15, 0.2) is 5.96 Å². The number of aromatic nitrogens is 3. The van der Waals surface area contributed by atoms with Crippen molar-refractivity contribution >= 4 is 29.3 Å². The number of guanidine groups is 1. The molecule has 10 heteroatoms. The van der Waals surface area contributed by atoms with Crippen LogP contribution in [0, 0.1) is 0 Å². The van der Waals surface area contributed by atoms with Crippen LogP contribution in [0.15, 0.2) is 35.7 Å². The lowest BCUT2D eigenvalue weighted by atomic mass is 9.91. The first-order valence-corrected chi connectivity index (χ1v) is 8.78. The Bertz CT molecular complexity index is 927. The first kappa shape index (κ1) is 19.2. The summed E-state index contributed by atoms with van der Waals surface area (Å²) in [5.41, 5.74) is 6.17. The van der Waals surface area contributed by atoms with Crippen molar-refractivity contribution in [1.29, 1.82) is 0 Å². The standard InChI is InChI=1S/C18H22N8O2/c1-4-20-14-10-22-12(9-23-14)16(28)24-11-5-6-21-13(7-11)18(2)8-15(27)26(3)17(19)25-18/h5-7,9-10H,4,8H2,1-3H3,(H2,19,25)(H,20,23)(H,21,24,28). The molecule has 3 heterocycles. The summed E-state index contributed by atoms with van der Waals surface area (Å²) in [5.74, 6) is 0.175. The molecule has 1 atom stereocenters. The summed E-state index contributed by atoms with van der Waals surface area (Å²) >= 11 is 0. The Morgan fingerprint density at radius 1 is 1.32 bits per heavy atom. The van der Waals surface area contributed by atoms with Crippen molar-refractivity contribution in [3.8, 4) is 0 Å². The molecule has 3 rings (SSSR count). The zero-order valence-electron chi connectivity index (χ0n) is 15.9. The van der Waals surface area contributed by atoms with Crippen LogP contribution in [0.3, 0.4) is 0 Å². The summed E-state index contributed by atoms with van der Waals surface area (Å²) in [6.07, 6.45) is 4.58. The highest BCUT2D eigenvalue weighted by Crippen LogP contribution is 2.32. The Kier molecular flexibility index (Phi) is 5.21. The van der Waals surface area contributed by atoms with Crippen LogP contribution in [-0.2, 0) is 10.3 Å². The van der Waals surface area contributed by atoms with Gasteiger partial charge in [-0.25, -0.2) is 15.0 Å². The second-order valence-electron chi connectivity index (χ2n) is 6.57. The Balaban J connectivity index is 1.80. The van der Waals surface area contributed by atoms with E-state index in [2.05, 4.69) is 30.6 Å². The number of hydrogen-bond donors (Lipinski definition) is 3. The molecule has 0 aromatic carbocycles. The first-order valence-electron chi connectivity index (χ1n) is 8.78. The van der Waals surface area contributed by atoms with Gasteiger partial charge in [0.2, 0.25) is 5.91 Å². The Hall–Kier alpha value is -3.56. The van der Waals surface area contributed by atoms with E-state index >= 15 is 0 Å². The van der Waals surface area contributed by atoms with Gasteiger partial charge in [0.05, 0.1) is 24.5 Å². The minimum atomic E-state index is -0.901. The largest absolute Gasteiger partial charge is 0.369 e. The van der Waals surface area contributed by atoms with Crippen LogP contribution in [0.5, 0.6) is 0 Å². The van der Waals surface area contributed by atoms with E-state index < -0.39 is 11.4 Å². The molecule has 146 valence electrons. The normalized spacial score (nSPS) is 19.2. The third-order valence-electron chi connectivity index (χ3n) is 4.39. The predicted octanol–water partition coefficient (Wildman–Crippen LogP) is 0.948. The van der Waals surface area contributed by atoms with Gasteiger partial charge in [-0.05, 0) is 26.0 Å². The van der Waals surface area contributed by atoms with Crippen molar-refractivity contribution in [3.63, 3.8) is 0 Å². The number of nitrogens with zero attached hydrogens (tertiary/aromatic N) is 5. The third-order valence-corrected chi connectivity index (χ3v) is 4.39. The molecule has 4 N–H and O–H groups in total. The molecule has 0 saturated heterocycles. The number of hydrogen-bond acceptors (Lipinski definition) is 8. The molecule has 0 bridgehead atoms. The maximum atomic E-state index is 12.4. The molecule has 0 fully saturated rings. The van der Waals surface area contributed by atoms with E-state index in [9.17, 15) is 9.59 Å². The maximum Gasteiger partial charge on any atom is 0.275 e. The summed E-state index contributed by atoms with van der Waals surface area (Å²) < 4.78 is 0. The number of carbonyl (C=O) groups excluding carboxylic acids is 2. The SMILES string of the molecule is CCNc1cnc(C(=O)Nc2ccnc(C3(C)CC(=O)N(C)C(N)=N3)c2)cn1. The lowest BCUT2D eigenvalue weighted by molar-refractivity contribution is -0.128. The fourth-order valence-corrected chi connectivity index (χ4v) is 2.77. The van der Waals surface area contributed by atoms with Crippen molar-refractivity contribution in [3.05, 3.63) is 42.1 Å². The zero-order valence-corrected chi connectivity index (χ0v) is 15.9. The van der Waals surface area contributed by atoms with E-state index in [1.807, 2.05) is 6.92 Å². The van der Waals surface area contributed by atoms with E-state index in [4.69, 9.17) is 5.73 Å². The molecule has 0 radical (unpaired) electrons. The molecule has 1 unspecified atom stereocenters. The third kappa shape index (κ3) is 3.90. The molecule has 2 aromatic rings. The Labute approximate surface area is 162 Å². The van der Waals surface area contributed by atoms with Crippen LogP contribution in [-0.4, -0.2) is 51.2 Å². The number of carbonyl (C=O) groups is 2. The van der Waals surface area contributed by atoms with Crippen molar-refractivity contribution in [1.82, 2.24) is 19.9 Å². The summed E-state index contributed by atoms with van der Waals surface area (Å²) in [5, 5.41) is 5.78. The van der Waals surface area contributed by atoms with E-state index in [1.165, 1.54) is 17.3 Å². The molecule has 10 nitrogen and oxygen atoms in total. The van der Waals surface area contributed by atoms with Gasteiger partial charge < -0.3 is 16.4 Å². The molecule has 0 saturated carbocycles. The molecule has 2 aromatic heterocycles. The van der Waals surface area contributed by atoms with E-state index in [0.717, 1.165) is 0 Å². The monoisotopic (exact) mass is 382 g/mol. The predicted molar refractivity (Wildman–Crippen MR) is 105 cm³/mol. The van der Waals surface area contributed by atoms with Gasteiger partial charge in [0.25, 0.3) is 5.91 Å². The van der Waals surface area contributed by atoms with E-state index in [-0.39, 0.29) is 24.0 Å². The first-order chi connectivity index (χ1) is 13.3.